The van der Waals surface area contributed by atoms with Crippen molar-refractivity contribution >= 4 is 17.5 Å². The average Bonchev–Trinajstić information content (AvgIpc) is 2.38. The van der Waals surface area contributed by atoms with E-state index in [9.17, 15) is 4.79 Å². The third-order valence-corrected chi connectivity index (χ3v) is 3.08. The molecule has 1 aromatic rings. The van der Waals surface area contributed by atoms with Crippen LogP contribution in [0.4, 0.5) is 0 Å². The Bertz CT molecular complexity index is 365. The van der Waals surface area contributed by atoms with Crippen molar-refractivity contribution < 1.29 is 4.79 Å². The summed E-state index contributed by atoms with van der Waals surface area (Å²) in [5, 5.41) is 3.58. The number of nitrogens with one attached hydrogen (secondary N) is 1. The molecule has 0 heterocycles. The van der Waals surface area contributed by atoms with Gasteiger partial charge in [-0.2, -0.15) is 0 Å². The van der Waals surface area contributed by atoms with E-state index in [-0.39, 0.29) is 11.9 Å². The number of nitrogens with two attached hydrogens (primary N) is 1. The molecule has 0 aromatic heterocycles. The van der Waals surface area contributed by atoms with Gasteiger partial charge in [0, 0.05) is 11.6 Å². The van der Waals surface area contributed by atoms with Gasteiger partial charge in [0.2, 0.25) is 5.91 Å². The highest BCUT2D eigenvalue weighted by atomic mass is 35.5. The Kier molecular flexibility index (Phi) is 6.76. The van der Waals surface area contributed by atoms with Crippen molar-refractivity contribution in [1.82, 2.24) is 5.32 Å². The third kappa shape index (κ3) is 5.52. The molecule has 1 amide bonds. The van der Waals surface area contributed by atoms with Crippen LogP contribution >= 0.6 is 11.6 Å². The van der Waals surface area contributed by atoms with Crippen LogP contribution in [-0.2, 0) is 11.2 Å². The van der Waals surface area contributed by atoms with E-state index in [4.69, 9.17) is 17.3 Å². The van der Waals surface area contributed by atoms with Gasteiger partial charge in [0.15, 0.2) is 0 Å². The van der Waals surface area contributed by atoms with Gasteiger partial charge in [-0.3, -0.25) is 4.79 Å². The number of hydrogen-bond acceptors (Lipinski definition) is 2. The first kappa shape index (κ1) is 15.0. The standard InChI is InChI=1S/C14H21ClN2O/c1-2-3-4-13(16)14(18)17-10-9-11-5-7-12(15)8-6-11/h5-8,13H,2-4,9-10,16H2,1H3,(H,17,18)/t13-/m0/s1. The lowest BCUT2D eigenvalue weighted by atomic mass is 10.1. The molecular formula is C14H21ClN2O. The van der Waals surface area contributed by atoms with Crippen molar-refractivity contribution in [3.8, 4) is 0 Å². The zero-order chi connectivity index (χ0) is 13.4. The molecule has 0 saturated carbocycles. The first-order valence-electron chi connectivity index (χ1n) is 6.41. The molecule has 0 radical (unpaired) electrons. The number of rotatable bonds is 7. The Morgan fingerprint density at radius 3 is 2.67 bits per heavy atom. The van der Waals surface area contributed by atoms with E-state index in [1.807, 2.05) is 24.3 Å². The topological polar surface area (TPSA) is 55.1 Å². The lowest BCUT2D eigenvalue weighted by molar-refractivity contribution is -0.122. The van der Waals surface area contributed by atoms with Crippen molar-refractivity contribution in [1.29, 1.82) is 0 Å². The lowest BCUT2D eigenvalue weighted by Gasteiger charge is -2.11. The zero-order valence-electron chi connectivity index (χ0n) is 10.8. The van der Waals surface area contributed by atoms with Crippen LogP contribution in [0.15, 0.2) is 24.3 Å². The number of hydrogen-bond donors (Lipinski definition) is 2. The van der Waals surface area contributed by atoms with E-state index >= 15 is 0 Å². The monoisotopic (exact) mass is 268 g/mol. The second-order valence-corrected chi connectivity index (χ2v) is 4.85. The molecule has 0 aliphatic carbocycles. The van der Waals surface area contributed by atoms with Crippen LogP contribution in [0.2, 0.25) is 5.02 Å². The molecule has 0 aliphatic heterocycles. The molecule has 3 nitrogen and oxygen atoms in total. The predicted octanol–water partition coefficient (Wildman–Crippen LogP) is 2.52. The molecule has 18 heavy (non-hydrogen) atoms. The highest BCUT2D eigenvalue weighted by Gasteiger charge is 2.11. The molecule has 0 saturated heterocycles. The fourth-order valence-corrected chi connectivity index (χ4v) is 1.79. The van der Waals surface area contributed by atoms with Gasteiger partial charge in [0.1, 0.15) is 0 Å². The summed E-state index contributed by atoms with van der Waals surface area (Å²) < 4.78 is 0. The summed E-state index contributed by atoms with van der Waals surface area (Å²) in [6.45, 7) is 2.70. The quantitative estimate of drug-likeness (QED) is 0.798. The Morgan fingerprint density at radius 1 is 1.39 bits per heavy atom. The molecule has 1 rings (SSSR count). The molecule has 4 heteroatoms. The number of halogens is 1. The van der Waals surface area contributed by atoms with Crippen molar-refractivity contribution in [3.63, 3.8) is 0 Å². The number of carbonyl (C=O) groups excluding carboxylic acids is 1. The van der Waals surface area contributed by atoms with E-state index in [0.29, 0.717) is 6.54 Å². The van der Waals surface area contributed by atoms with Crippen LogP contribution in [0.25, 0.3) is 0 Å². The van der Waals surface area contributed by atoms with Crippen LogP contribution in [0.5, 0.6) is 0 Å². The van der Waals surface area contributed by atoms with E-state index in [0.717, 1.165) is 36.3 Å². The van der Waals surface area contributed by atoms with Gasteiger partial charge in [-0.25, -0.2) is 0 Å². The highest BCUT2D eigenvalue weighted by molar-refractivity contribution is 6.30. The predicted molar refractivity (Wildman–Crippen MR) is 75.7 cm³/mol. The average molecular weight is 269 g/mol. The molecule has 3 N–H and O–H groups in total. The van der Waals surface area contributed by atoms with Crippen molar-refractivity contribution in [2.75, 3.05) is 6.54 Å². The van der Waals surface area contributed by atoms with E-state index < -0.39 is 0 Å². The number of amides is 1. The van der Waals surface area contributed by atoms with E-state index in [2.05, 4.69) is 12.2 Å². The normalized spacial score (nSPS) is 12.2. The van der Waals surface area contributed by atoms with Crippen LogP contribution < -0.4 is 11.1 Å². The fourth-order valence-electron chi connectivity index (χ4n) is 1.67. The van der Waals surface area contributed by atoms with Gasteiger partial charge in [-0.15, -0.1) is 0 Å². The Balaban J connectivity index is 2.24. The van der Waals surface area contributed by atoms with Gasteiger partial charge in [0.25, 0.3) is 0 Å². The van der Waals surface area contributed by atoms with Crippen molar-refractivity contribution in [2.45, 2.75) is 38.6 Å². The first-order chi connectivity index (χ1) is 8.63. The van der Waals surface area contributed by atoms with Crippen LogP contribution in [-0.4, -0.2) is 18.5 Å². The van der Waals surface area contributed by atoms with Crippen molar-refractivity contribution in [3.05, 3.63) is 34.9 Å². The van der Waals surface area contributed by atoms with Gasteiger partial charge in [0.05, 0.1) is 6.04 Å². The molecule has 1 aromatic carbocycles. The van der Waals surface area contributed by atoms with Gasteiger partial charge < -0.3 is 11.1 Å². The van der Waals surface area contributed by atoms with E-state index in [1.165, 1.54) is 0 Å². The van der Waals surface area contributed by atoms with Crippen LogP contribution in [0.1, 0.15) is 31.7 Å². The summed E-state index contributed by atoms with van der Waals surface area (Å²) in [4.78, 5) is 11.6. The third-order valence-electron chi connectivity index (χ3n) is 2.83. The molecular weight excluding hydrogens is 248 g/mol. The largest absolute Gasteiger partial charge is 0.354 e. The smallest absolute Gasteiger partial charge is 0.236 e. The maximum Gasteiger partial charge on any atom is 0.236 e. The maximum absolute atomic E-state index is 11.6. The van der Waals surface area contributed by atoms with Crippen LogP contribution in [0.3, 0.4) is 0 Å². The Hall–Kier alpha value is -1.06. The lowest BCUT2D eigenvalue weighted by Crippen LogP contribution is -2.41. The zero-order valence-corrected chi connectivity index (χ0v) is 11.5. The SMILES string of the molecule is CCCC[C@H](N)C(=O)NCCc1ccc(Cl)cc1. The van der Waals surface area contributed by atoms with Crippen LogP contribution in [0, 0.1) is 0 Å². The summed E-state index contributed by atoms with van der Waals surface area (Å²) >= 11 is 5.80. The second kappa shape index (κ2) is 8.11. The summed E-state index contributed by atoms with van der Waals surface area (Å²) in [5.74, 6) is -0.0580. The minimum absolute atomic E-state index is 0.0580. The minimum Gasteiger partial charge on any atom is -0.354 e. The minimum atomic E-state index is -0.379. The maximum atomic E-state index is 11.6. The van der Waals surface area contributed by atoms with Gasteiger partial charge >= 0.3 is 0 Å². The summed E-state index contributed by atoms with van der Waals surface area (Å²) in [7, 11) is 0. The van der Waals surface area contributed by atoms with Gasteiger partial charge in [-0.05, 0) is 30.5 Å². The summed E-state index contributed by atoms with van der Waals surface area (Å²) in [6, 6.07) is 7.25. The number of carbonyl (C=O) groups is 1. The molecule has 100 valence electrons. The number of unbranched alkanes of at least 4 members (excludes halogenated alkanes) is 1. The molecule has 0 aliphatic rings. The van der Waals surface area contributed by atoms with E-state index in [1.54, 1.807) is 0 Å². The Labute approximate surface area is 114 Å². The summed E-state index contributed by atoms with van der Waals surface area (Å²) in [6.07, 6.45) is 3.60. The second-order valence-electron chi connectivity index (χ2n) is 4.42. The molecule has 0 bridgehead atoms. The molecule has 1 atom stereocenters. The number of benzene rings is 1. The van der Waals surface area contributed by atoms with Crippen molar-refractivity contribution in [2.24, 2.45) is 5.73 Å². The molecule has 0 unspecified atom stereocenters. The van der Waals surface area contributed by atoms with Gasteiger partial charge in [-0.1, -0.05) is 43.5 Å². The Morgan fingerprint density at radius 2 is 2.06 bits per heavy atom. The summed E-state index contributed by atoms with van der Waals surface area (Å²) in [5.41, 5.74) is 6.93. The highest BCUT2D eigenvalue weighted by Crippen LogP contribution is 2.09. The fraction of sp³-hybridized carbons (Fsp3) is 0.500. The molecule has 0 spiro atoms. The first-order valence-corrected chi connectivity index (χ1v) is 6.79. The molecule has 0 fully saturated rings.